The second-order valence-electron chi connectivity index (χ2n) is 2.05. The highest BCUT2D eigenvalue weighted by Crippen LogP contribution is 2.16. The van der Waals surface area contributed by atoms with Crippen molar-refractivity contribution in [3.63, 3.8) is 0 Å². The van der Waals surface area contributed by atoms with Crippen molar-refractivity contribution in [1.82, 2.24) is 4.31 Å². The summed E-state index contributed by atoms with van der Waals surface area (Å²) in [6, 6.07) is 0. The normalized spacial score (nSPS) is 22.8. The quantitative estimate of drug-likeness (QED) is 0.516. The third-order valence-electron chi connectivity index (χ3n) is 1.37. The highest BCUT2D eigenvalue weighted by Gasteiger charge is 2.21. The maximum atomic E-state index is 10.7. The van der Waals surface area contributed by atoms with Gasteiger partial charge in [-0.3, -0.25) is 0 Å². The highest BCUT2D eigenvalue weighted by molar-refractivity contribution is 14.2. The lowest BCUT2D eigenvalue weighted by Gasteiger charge is -2.07. The first-order valence-corrected chi connectivity index (χ1v) is 6.79. The molecule has 9 heavy (non-hydrogen) atoms. The van der Waals surface area contributed by atoms with E-state index in [1.54, 1.807) is 0 Å². The summed E-state index contributed by atoms with van der Waals surface area (Å²) in [5.74, 6) is 0. The lowest BCUT2D eigenvalue weighted by atomic mass is 10.4. The standard InChI is InChI=1S/C4H8INO2S/c5-9(7,8)6-3-1-2-4-6/h1-4H2. The van der Waals surface area contributed by atoms with Gasteiger partial charge >= 0.3 is 0 Å². The Bertz CT molecular complexity index is 183. The molecule has 1 saturated heterocycles. The Hall–Kier alpha value is 0.640. The molecular formula is C4H8INO2S. The molecule has 54 valence electrons. The number of hydrogen-bond acceptors (Lipinski definition) is 2. The molecule has 1 rings (SSSR count). The summed E-state index contributed by atoms with van der Waals surface area (Å²) >= 11 is 1.48. The van der Waals surface area contributed by atoms with E-state index in [0.717, 1.165) is 12.8 Å². The molecule has 0 saturated carbocycles. The average molecular weight is 261 g/mol. The van der Waals surface area contributed by atoms with Crippen LogP contribution in [0.3, 0.4) is 0 Å². The molecule has 0 atom stereocenters. The van der Waals surface area contributed by atoms with Crippen molar-refractivity contribution in [3.05, 3.63) is 0 Å². The maximum Gasteiger partial charge on any atom is 0.267 e. The van der Waals surface area contributed by atoms with E-state index in [0.29, 0.717) is 13.1 Å². The molecule has 5 heteroatoms. The van der Waals surface area contributed by atoms with E-state index in [-0.39, 0.29) is 0 Å². The Labute approximate surface area is 67.1 Å². The summed E-state index contributed by atoms with van der Waals surface area (Å²) in [6.45, 7) is 1.43. The van der Waals surface area contributed by atoms with E-state index in [2.05, 4.69) is 0 Å². The largest absolute Gasteiger partial charge is 0.267 e. The predicted octanol–water partition coefficient (Wildman–Crippen LogP) is 0.762. The Morgan fingerprint density at radius 2 is 1.67 bits per heavy atom. The molecule has 0 aromatic heterocycles. The van der Waals surface area contributed by atoms with E-state index < -0.39 is 7.19 Å². The first-order chi connectivity index (χ1) is 4.11. The molecule has 0 aromatic carbocycles. The molecule has 1 aliphatic heterocycles. The fourth-order valence-corrected chi connectivity index (χ4v) is 2.78. The molecule has 0 aromatic rings. The summed E-state index contributed by atoms with van der Waals surface area (Å²) in [6.07, 6.45) is 2.03. The van der Waals surface area contributed by atoms with Crippen LogP contribution in [-0.2, 0) is 7.19 Å². The van der Waals surface area contributed by atoms with Gasteiger partial charge in [-0.1, -0.05) is 0 Å². The van der Waals surface area contributed by atoms with Gasteiger partial charge < -0.3 is 0 Å². The van der Waals surface area contributed by atoms with Crippen LogP contribution >= 0.6 is 21.2 Å². The van der Waals surface area contributed by atoms with Crippen LogP contribution in [0.1, 0.15) is 12.8 Å². The van der Waals surface area contributed by atoms with Crippen LogP contribution in [0.5, 0.6) is 0 Å². The van der Waals surface area contributed by atoms with E-state index in [9.17, 15) is 8.42 Å². The lowest BCUT2D eigenvalue weighted by molar-refractivity contribution is 0.496. The molecule has 1 aliphatic rings. The molecule has 1 heterocycles. The highest BCUT2D eigenvalue weighted by atomic mass is 127. The second kappa shape index (κ2) is 2.71. The molecule has 0 radical (unpaired) electrons. The molecule has 0 N–H and O–H groups in total. The Morgan fingerprint density at radius 1 is 1.22 bits per heavy atom. The summed E-state index contributed by atoms with van der Waals surface area (Å²) in [5.41, 5.74) is 0. The van der Waals surface area contributed by atoms with Crippen molar-refractivity contribution in [1.29, 1.82) is 0 Å². The SMILES string of the molecule is O=S(=O)(I)N1CCCC1. The van der Waals surface area contributed by atoms with Gasteiger partial charge in [-0.2, -0.15) is 4.31 Å². The number of nitrogens with zero attached hydrogens (tertiary/aromatic N) is 1. The van der Waals surface area contributed by atoms with Crippen molar-refractivity contribution in [2.75, 3.05) is 13.1 Å². The van der Waals surface area contributed by atoms with E-state index in [1.807, 2.05) is 0 Å². The van der Waals surface area contributed by atoms with Gasteiger partial charge in [0.25, 0.3) is 7.19 Å². The smallest absolute Gasteiger partial charge is 0.201 e. The van der Waals surface area contributed by atoms with Crippen LogP contribution in [-0.4, -0.2) is 25.8 Å². The van der Waals surface area contributed by atoms with E-state index in [1.165, 1.54) is 25.5 Å². The number of rotatable bonds is 1. The summed E-state index contributed by atoms with van der Waals surface area (Å²) in [4.78, 5) is 0. The number of halogens is 1. The van der Waals surface area contributed by atoms with Crippen LogP contribution in [0.4, 0.5) is 0 Å². The first kappa shape index (κ1) is 7.74. The van der Waals surface area contributed by atoms with Crippen LogP contribution in [0.15, 0.2) is 0 Å². The second-order valence-corrected chi connectivity index (χ2v) is 6.73. The number of hydrogen-bond donors (Lipinski definition) is 0. The van der Waals surface area contributed by atoms with Crippen molar-refractivity contribution < 1.29 is 8.42 Å². The van der Waals surface area contributed by atoms with E-state index in [4.69, 9.17) is 0 Å². The van der Waals surface area contributed by atoms with Crippen LogP contribution < -0.4 is 0 Å². The average Bonchev–Trinajstić information content (AvgIpc) is 2.08. The molecule has 0 unspecified atom stereocenters. The molecular weight excluding hydrogens is 253 g/mol. The molecule has 0 amide bonds. The Balaban J connectivity index is 2.63. The fraction of sp³-hybridized carbons (Fsp3) is 1.00. The summed E-state index contributed by atoms with van der Waals surface area (Å²) < 4.78 is 23.0. The fourth-order valence-electron chi connectivity index (χ4n) is 0.906. The molecule has 1 fully saturated rings. The van der Waals surface area contributed by atoms with Crippen LogP contribution in [0.2, 0.25) is 0 Å². The zero-order valence-electron chi connectivity index (χ0n) is 4.88. The Kier molecular flexibility index (Phi) is 2.33. The molecule has 0 aliphatic carbocycles. The third-order valence-corrected chi connectivity index (χ3v) is 4.03. The monoisotopic (exact) mass is 261 g/mol. The topological polar surface area (TPSA) is 37.4 Å². The minimum atomic E-state index is -2.90. The van der Waals surface area contributed by atoms with Gasteiger partial charge in [-0.15, -0.1) is 0 Å². The van der Waals surface area contributed by atoms with Gasteiger partial charge in [-0.25, -0.2) is 8.42 Å². The zero-order valence-corrected chi connectivity index (χ0v) is 7.85. The van der Waals surface area contributed by atoms with Gasteiger partial charge in [-0.05, 0) is 12.8 Å². The van der Waals surface area contributed by atoms with Gasteiger partial charge in [0.05, 0.1) is 21.2 Å². The van der Waals surface area contributed by atoms with Crippen molar-refractivity contribution in [2.45, 2.75) is 12.8 Å². The van der Waals surface area contributed by atoms with Gasteiger partial charge in [0.2, 0.25) is 0 Å². The van der Waals surface area contributed by atoms with Crippen molar-refractivity contribution in [3.8, 4) is 0 Å². The Morgan fingerprint density at radius 3 is 1.89 bits per heavy atom. The minimum absolute atomic E-state index is 0.714. The molecule has 0 spiro atoms. The minimum Gasteiger partial charge on any atom is -0.201 e. The van der Waals surface area contributed by atoms with Crippen molar-refractivity contribution in [2.24, 2.45) is 0 Å². The van der Waals surface area contributed by atoms with Gasteiger partial charge in [0, 0.05) is 13.1 Å². The van der Waals surface area contributed by atoms with Crippen LogP contribution in [0, 0.1) is 0 Å². The molecule has 0 bridgehead atoms. The third kappa shape index (κ3) is 2.05. The van der Waals surface area contributed by atoms with Gasteiger partial charge in [0.1, 0.15) is 0 Å². The van der Waals surface area contributed by atoms with Crippen LogP contribution in [0.25, 0.3) is 0 Å². The lowest BCUT2D eigenvalue weighted by Crippen LogP contribution is -2.22. The van der Waals surface area contributed by atoms with Crippen molar-refractivity contribution >= 4 is 28.4 Å². The van der Waals surface area contributed by atoms with Gasteiger partial charge in [0.15, 0.2) is 0 Å². The summed E-state index contributed by atoms with van der Waals surface area (Å²) in [7, 11) is -2.90. The first-order valence-electron chi connectivity index (χ1n) is 2.80. The summed E-state index contributed by atoms with van der Waals surface area (Å²) in [5, 5.41) is 0. The zero-order chi connectivity index (χ0) is 6.91. The maximum absolute atomic E-state index is 10.7. The molecule has 3 nitrogen and oxygen atoms in total. The predicted molar refractivity (Wildman–Crippen MR) is 43.7 cm³/mol. The van der Waals surface area contributed by atoms with E-state index >= 15 is 0 Å².